The summed E-state index contributed by atoms with van der Waals surface area (Å²) in [6, 6.07) is 10.2. The topological polar surface area (TPSA) is 20.2 Å². The fourth-order valence-corrected chi connectivity index (χ4v) is 2.52. The highest BCUT2D eigenvalue weighted by molar-refractivity contribution is 7.19. The lowest BCUT2D eigenvalue weighted by Gasteiger charge is -2.01. The molecule has 0 saturated carbocycles. The molecule has 2 aromatic rings. The summed E-state index contributed by atoms with van der Waals surface area (Å²) in [5, 5.41) is 11.1. The Morgan fingerprint density at radius 1 is 1.40 bits per heavy atom. The molecule has 1 heterocycles. The Labute approximate surface area is 93.4 Å². The average Bonchev–Trinajstić information content (AvgIpc) is 2.69. The molecule has 0 aliphatic carbocycles. The van der Waals surface area contributed by atoms with E-state index >= 15 is 0 Å². The van der Waals surface area contributed by atoms with Gasteiger partial charge in [-0.15, -0.1) is 23.2 Å². The van der Waals surface area contributed by atoms with Crippen molar-refractivity contribution in [1.82, 2.24) is 0 Å². The van der Waals surface area contributed by atoms with Gasteiger partial charge in [-0.1, -0.05) is 18.2 Å². The van der Waals surface area contributed by atoms with Gasteiger partial charge in [-0.3, -0.25) is 0 Å². The first-order valence-electron chi connectivity index (χ1n) is 4.87. The van der Waals surface area contributed by atoms with Crippen LogP contribution >= 0.6 is 11.3 Å². The van der Waals surface area contributed by atoms with E-state index in [-0.39, 0.29) is 0 Å². The van der Waals surface area contributed by atoms with Crippen molar-refractivity contribution in [3.8, 4) is 11.8 Å². The van der Waals surface area contributed by atoms with Gasteiger partial charge in [0.1, 0.15) is 0 Å². The summed E-state index contributed by atoms with van der Waals surface area (Å²) in [6.45, 7) is 1.79. The largest absolute Gasteiger partial charge is 0.387 e. The lowest BCUT2D eigenvalue weighted by Crippen LogP contribution is -1.91. The summed E-state index contributed by atoms with van der Waals surface area (Å²) >= 11 is 1.64. The van der Waals surface area contributed by atoms with Crippen molar-refractivity contribution in [3.63, 3.8) is 0 Å². The van der Waals surface area contributed by atoms with Crippen LogP contribution in [0.25, 0.3) is 10.1 Å². The van der Waals surface area contributed by atoms with Crippen LogP contribution in [-0.4, -0.2) is 5.11 Å². The van der Waals surface area contributed by atoms with Crippen molar-refractivity contribution in [3.05, 3.63) is 35.2 Å². The van der Waals surface area contributed by atoms with E-state index in [1.165, 1.54) is 10.1 Å². The second-order valence-corrected chi connectivity index (χ2v) is 4.45. The van der Waals surface area contributed by atoms with Crippen LogP contribution in [0, 0.1) is 11.8 Å². The van der Waals surface area contributed by atoms with Crippen LogP contribution in [0.2, 0.25) is 0 Å². The summed E-state index contributed by atoms with van der Waals surface area (Å²) in [6.07, 6.45) is 0.0680. The summed E-state index contributed by atoms with van der Waals surface area (Å²) in [4.78, 5) is 0.999. The van der Waals surface area contributed by atoms with Gasteiger partial charge in [0.15, 0.2) is 0 Å². The minimum absolute atomic E-state index is 0.449. The molecule has 1 nitrogen and oxygen atoms in total. The highest BCUT2D eigenvalue weighted by Crippen LogP contribution is 2.30. The maximum atomic E-state index is 9.86. The Morgan fingerprint density at radius 2 is 2.20 bits per heavy atom. The molecule has 1 aromatic carbocycles. The molecule has 1 atom stereocenters. The van der Waals surface area contributed by atoms with E-state index in [4.69, 9.17) is 0 Å². The molecule has 0 bridgehead atoms. The maximum absolute atomic E-state index is 9.86. The number of hydrogen-bond acceptors (Lipinski definition) is 2. The van der Waals surface area contributed by atoms with E-state index < -0.39 is 6.10 Å². The standard InChI is InChI=1S/C13H12OS/c1-2-3-7-11(14)13-9-10-6-4-5-8-12(10)15-13/h4-6,8-9,11,14H,7H2,1H3. The smallest absolute Gasteiger partial charge is 0.0991 e. The summed E-state index contributed by atoms with van der Waals surface area (Å²) in [5.74, 6) is 5.69. The van der Waals surface area contributed by atoms with Crippen molar-refractivity contribution in [2.75, 3.05) is 0 Å². The second-order valence-electron chi connectivity index (χ2n) is 3.33. The fraction of sp³-hybridized carbons (Fsp3) is 0.231. The molecule has 2 rings (SSSR count). The van der Waals surface area contributed by atoms with Crippen LogP contribution in [0.1, 0.15) is 24.3 Å². The molecule has 0 radical (unpaired) electrons. The molecule has 76 valence electrons. The van der Waals surface area contributed by atoms with Gasteiger partial charge in [-0.25, -0.2) is 0 Å². The Bertz CT molecular complexity index is 483. The number of aliphatic hydroxyl groups is 1. The Kier molecular flexibility index (Phi) is 3.05. The van der Waals surface area contributed by atoms with Gasteiger partial charge in [0.2, 0.25) is 0 Å². The Balaban J connectivity index is 2.30. The fourth-order valence-electron chi connectivity index (χ4n) is 1.47. The lowest BCUT2D eigenvalue weighted by molar-refractivity contribution is 0.188. The van der Waals surface area contributed by atoms with Crippen molar-refractivity contribution in [2.24, 2.45) is 0 Å². The zero-order chi connectivity index (χ0) is 10.7. The average molecular weight is 216 g/mol. The monoisotopic (exact) mass is 216 g/mol. The molecule has 1 aromatic heterocycles. The predicted molar refractivity (Wildman–Crippen MR) is 64.9 cm³/mol. The first-order chi connectivity index (χ1) is 7.31. The molecular weight excluding hydrogens is 204 g/mol. The predicted octanol–water partition coefficient (Wildman–Crippen LogP) is 3.35. The third kappa shape index (κ3) is 2.20. The van der Waals surface area contributed by atoms with Gasteiger partial charge < -0.3 is 5.11 Å². The summed E-state index contributed by atoms with van der Waals surface area (Å²) in [7, 11) is 0. The van der Waals surface area contributed by atoms with Crippen LogP contribution in [0.4, 0.5) is 0 Å². The number of thiophene rings is 1. The first kappa shape index (κ1) is 10.2. The number of hydrogen-bond donors (Lipinski definition) is 1. The van der Waals surface area contributed by atoms with Gasteiger partial charge >= 0.3 is 0 Å². The van der Waals surface area contributed by atoms with E-state index in [1.807, 2.05) is 18.2 Å². The molecule has 0 aliphatic rings. The van der Waals surface area contributed by atoms with E-state index in [0.29, 0.717) is 6.42 Å². The molecule has 1 N–H and O–H groups in total. The Hall–Kier alpha value is -1.30. The normalized spacial score (nSPS) is 12.1. The molecule has 0 spiro atoms. The molecule has 0 fully saturated rings. The minimum atomic E-state index is -0.449. The first-order valence-corrected chi connectivity index (χ1v) is 5.69. The van der Waals surface area contributed by atoms with E-state index in [9.17, 15) is 5.11 Å². The zero-order valence-electron chi connectivity index (χ0n) is 8.53. The van der Waals surface area contributed by atoms with Crippen LogP contribution in [0.3, 0.4) is 0 Å². The quantitative estimate of drug-likeness (QED) is 0.763. The zero-order valence-corrected chi connectivity index (χ0v) is 9.34. The van der Waals surface area contributed by atoms with Crippen molar-refractivity contribution >= 4 is 21.4 Å². The molecular formula is C13H12OS. The molecule has 15 heavy (non-hydrogen) atoms. The maximum Gasteiger partial charge on any atom is 0.0991 e. The van der Waals surface area contributed by atoms with Crippen molar-refractivity contribution in [2.45, 2.75) is 19.4 Å². The van der Waals surface area contributed by atoms with Crippen LogP contribution < -0.4 is 0 Å². The SMILES string of the molecule is CC#CCC(O)c1cc2ccccc2s1. The minimum Gasteiger partial charge on any atom is -0.387 e. The number of benzene rings is 1. The highest BCUT2D eigenvalue weighted by Gasteiger charge is 2.09. The lowest BCUT2D eigenvalue weighted by atomic mass is 10.2. The number of rotatable bonds is 2. The van der Waals surface area contributed by atoms with E-state index in [0.717, 1.165) is 4.88 Å². The van der Waals surface area contributed by atoms with Crippen molar-refractivity contribution < 1.29 is 5.11 Å². The van der Waals surface area contributed by atoms with Crippen LogP contribution in [0.5, 0.6) is 0 Å². The molecule has 2 heteroatoms. The third-order valence-corrected chi connectivity index (χ3v) is 3.46. The van der Waals surface area contributed by atoms with Crippen LogP contribution in [0.15, 0.2) is 30.3 Å². The van der Waals surface area contributed by atoms with Crippen molar-refractivity contribution in [1.29, 1.82) is 0 Å². The number of fused-ring (bicyclic) bond motifs is 1. The van der Waals surface area contributed by atoms with Gasteiger partial charge in [-0.05, 0) is 24.4 Å². The Morgan fingerprint density at radius 3 is 2.93 bits per heavy atom. The molecule has 0 saturated heterocycles. The second kappa shape index (κ2) is 4.48. The molecule has 0 amide bonds. The summed E-state index contributed by atoms with van der Waals surface area (Å²) < 4.78 is 1.22. The van der Waals surface area contributed by atoms with E-state index in [2.05, 4.69) is 24.0 Å². The number of aliphatic hydroxyl groups excluding tert-OH is 1. The van der Waals surface area contributed by atoms with Gasteiger partial charge in [0.05, 0.1) is 6.10 Å². The molecule has 1 unspecified atom stereocenters. The van der Waals surface area contributed by atoms with Gasteiger partial charge in [0, 0.05) is 16.0 Å². The van der Waals surface area contributed by atoms with Gasteiger partial charge in [-0.2, -0.15) is 0 Å². The van der Waals surface area contributed by atoms with E-state index in [1.54, 1.807) is 18.3 Å². The van der Waals surface area contributed by atoms with Crippen LogP contribution in [-0.2, 0) is 0 Å². The summed E-state index contributed by atoms with van der Waals surface area (Å²) in [5.41, 5.74) is 0. The van der Waals surface area contributed by atoms with Gasteiger partial charge in [0.25, 0.3) is 0 Å². The third-order valence-electron chi connectivity index (χ3n) is 2.25. The molecule has 0 aliphatic heterocycles. The highest BCUT2D eigenvalue weighted by atomic mass is 32.1.